The Morgan fingerprint density at radius 1 is 1.32 bits per heavy atom. The van der Waals surface area contributed by atoms with E-state index in [4.69, 9.17) is 0 Å². The highest BCUT2D eigenvalue weighted by Gasteiger charge is 2.20. The molecule has 9 nitrogen and oxygen atoms in total. The lowest BCUT2D eigenvalue weighted by Gasteiger charge is -2.10. The van der Waals surface area contributed by atoms with Crippen molar-refractivity contribution in [3.63, 3.8) is 0 Å². The van der Waals surface area contributed by atoms with Crippen molar-refractivity contribution in [3.05, 3.63) is 28.3 Å². The molecule has 0 saturated heterocycles. The fraction of sp³-hybridized carbons (Fsp3) is 0.533. The molecule has 0 aliphatic heterocycles. The molecule has 0 aromatic heterocycles. The number of carbonyl (C=O) groups is 1. The van der Waals surface area contributed by atoms with E-state index in [0.29, 0.717) is 12.5 Å². The van der Waals surface area contributed by atoms with E-state index in [1.807, 2.05) is 0 Å². The summed E-state index contributed by atoms with van der Waals surface area (Å²) in [7, 11) is -3.52. The van der Waals surface area contributed by atoms with Gasteiger partial charge in [-0.3, -0.25) is 14.9 Å². The smallest absolute Gasteiger partial charge is 0.293 e. The van der Waals surface area contributed by atoms with Gasteiger partial charge in [0, 0.05) is 25.4 Å². The highest BCUT2D eigenvalue weighted by molar-refractivity contribution is 7.90. The minimum Gasteiger partial charge on any atom is -0.378 e. The van der Waals surface area contributed by atoms with Crippen molar-refractivity contribution in [2.75, 3.05) is 37.8 Å². The Labute approximate surface area is 146 Å². The molecular weight excluding hydrogens is 348 g/mol. The quantitative estimate of drug-likeness (QED) is 0.311. The van der Waals surface area contributed by atoms with Gasteiger partial charge in [-0.2, -0.15) is 0 Å². The van der Waals surface area contributed by atoms with Crippen LogP contribution in [0.4, 0.5) is 11.4 Å². The van der Waals surface area contributed by atoms with Gasteiger partial charge in [-0.05, 0) is 37.4 Å². The van der Waals surface area contributed by atoms with Crippen LogP contribution in [0.15, 0.2) is 23.1 Å². The van der Waals surface area contributed by atoms with Crippen LogP contribution < -0.4 is 16.0 Å². The molecule has 1 amide bonds. The predicted molar refractivity (Wildman–Crippen MR) is 93.3 cm³/mol. The molecule has 0 radical (unpaired) electrons. The Morgan fingerprint density at radius 3 is 2.64 bits per heavy atom. The molecule has 0 atom stereocenters. The number of hydrogen-bond acceptors (Lipinski definition) is 7. The van der Waals surface area contributed by atoms with Gasteiger partial charge in [0.1, 0.15) is 5.69 Å². The van der Waals surface area contributed by atoms with Gasteiger partial charge in [0.15, 0.2) is 9.84 Å². The van der Waals surface area contributed by atoms with Crippen LogP contribution in [0.1, 0.15) is 12.8 Å². The van der Waals surface area contributed by atoms with E-state index < -0.39 is 14.8 Å². The molecule has 1 saturated carbocycles. The summed E-state index contributed by atoms with van der Waals surface area (Å²) in [5, 5.41) is 19.7. The number of nitrogens with one attached hydrogen (secondary N) is 3. The van der Waals surface area contributed by atoms with Crippen LogP contribution in [-0.4, -0.2) is 51.7 Å². The second kappa shape index (κ2) is 8.26. The van der Waals surface area contributed by atoms with E-state index in [-0.39, 0.29) is 35.3 Å². The summed E-state index contributed by atoms with van der Waals surface area (Å²) in [4.78, 5) is 22.0. The number of nitro benzene ring substituents is 1. The van der Waals surface area contributed by atoms with Crippen LogP contribution in [0.3, 0.4) is 0 Å². The molecule has 1 fully saturated rings. The molecule has 1 aliphatic carbocycles. The molecule has 10 heteroatoms. The molecule has 1 aromatic rings. The molecule has 0 spiro atoms. The number of anilines is 1. The fourth-order valence-electron chi connectivity index (χ4n) is 2.22. The van der Waals surface area contributed by atoms with Crippen molar-refractivity contribution < 1.29 is 18.1 Å². The fourth-order valence-corrected chi connectivity index (χ4v) is 2.86. The first-order valence-corrected chi connectivity index (χ1v) is 9.86. The molecule has 1 aromatic carbocycles. The Balaban J connectivity index is 1.81. The topological polar surface area (TPSA) is 130 Å². The van der Waals surface area contributed by atoms with Gasteiger partial charge in [-0.25, -0.2) is 8.42 Å². The number of nitro groups is 1. The van der Waals surface area contributed by atoms with Crippen molar-refractivity contribution in [3.8, 4) is 0 Å². The first-order chi connectivity index (χ1) is 11.8. The van der Waals surface area contributed by atoms with Gasteiger partial charge < -0.3 is 16.0 Å². The van der Waals surface area contributed by atoms with Crippen molar-refractivity contribution in [2.24, 2.45) is 5.92 Å². The Bertz CT molecular complexity index is 746. The van der Waals surface area contributed by atoms with Crippen LogP contribution in [0.5, 0.6) is 0 Å². The standard InChI is InChI=1S/C15H22N4O5S/c1-25(23,24)12-4-5-13(14(8-12)19(21)22)17-6-7-18-15(20)10-16-9-11-2-3-11/h4-5,8,11,16-17H,2-3,6-7,9-10H2,1H3,(H,18,20). The zero-order chi connectivity index (χ0) is 18.4. The number of hydrogen-bond donors (Lipinski definition) is 3. The Hall–Kier alpha value is -2.20. The van der Waals surface area contributed by atoms with Crippen molar-refractivity contribution in [2.45, 2.75) is 17.7 Å². The van der Waals surface area contributed by atoms with Gasteiger partial charge in [0.2, 0.25) is 5.91 Å². The molecular formula is C15H22N4O5S. The first-order valence-electron chi connectivity index (χ1n) is 7.97. The summed E-state index contributed by atoms with van der Waals surface area (Å²) < 4.78 is 23.0. The molecule has 25 heavy (non-hydrogen) atoms. The largest absolute Gasteiger partial charge is 0.378 e. The van der Waals surface area contributed by atoms with Gasteiger partial charge >= 0.3 is 0 Å². The zero-order valence-electron chi connectivity index (χ0n) is 13.9. The van der Waals surface area contributed by atoms with Gasteiger partial charge in [0.05, 0.1) is 16.4 Å². The summed E-state index contributed by atoms with van der Waals surface area (Å²) in [5.74, 6) is 0.564. The Kier molecular flexibility index (Phi) is 6.32. The van der Waals surface area contributed by atoms with E-state index in [1.54, 1.807) is 0 Å². The number of nitrogens with zero attached hydrogens (tertiary/aromatic N) is 1. The molecule has 1 aliphatic rings. The maximum absolute atomic E-state index is 11.6. The molecule has 0 bridgehead atoms. The van der Waals surface area contributed by atoms with Gasteiger partial charge in [-0.1, -0.05) is 0 Å². The van der Waals surface area contributed by atoms with Crippen LogP contribution in [0, 0.1) is 16.0 Å². The molecule has 138 valence electrons. The third-order valence-electron chi connectivity index (χ3n) is 3.77. The van der Waals surface area contributed by atoms with E-state index in [0.717, 1.165) is 18.9 Å². The number of sulfone groups is 1. The van der Waals surface area contributed by atoms with Crippen LogP contribution >= 0.6 is 0 Å². The zero-order valence-corrected chi connectivity index (χ0v) is 14.8. The number of rotatable bonds is 10. The maximum atomic E-state index is 11.6. The van der Waals surface area contributed by atoms with Crippen molar-refractivity contribution in [1.82, 2.24) is 10.6 Å². The monoisotopic (exact) mass is 370 g/mol. The SMILES string of the molecule is CS(=O)(=O)c1ccc(NCCNC(=O)CNCC2CC2)c([N+](=O)[O-])c1. The van der Waals surface area contributed by atoms with Crippen molar-refractivity contribution >= 4 is 27.1 Å². The molecule has 0 heterocycles. The lowest BCUT2D eigenvalue weighted by atomic mass is 10.2. The second-order valence-electron chi connectivity index (χ2n) is 6.06. The van der Waals surface area contributed by atoms with Gasteiger partial charge in [0.25, 0.3) is 5.69 Å². The predicted octanol–water partition coefficient (Wildman–Crippen LogP) is 0.526. The van der Waals surface area contributed by atoms with E-state index >= 15 is 0 Å². The molecule has 0 unspecified atom stereocenters. The molecule has 2 rings (SSSR count). The van der Waals surface area contributed by atoms with Crippen LogP contribution in [-0.2, 0) is 14.6 Å². The normalized spacial score (nSPS) is 14.1. The van der Waals surface area contributed by atoms with Crippen molar-refractivity contribution in [1.29, 1.82) is 0 Å². The highest BCUT2D eigenvalue weighted by Crippen LogP contribution is 2.28. The minimum atomic E-state index is -3.52. The summed E-state index contributed by atoms with van der Waals surface area (Å²) >= 11 is 0. The van der Waals surface area contributed by atoms with E-state index in [1.165, 1.54) is 25.0 Å². The average molecular weight is 370 g/mol. The second-order valence-corrected chi connectivity index (χ2v) is 8.07. The van der Waals surface area contributed by atoms with Gasteiger partial charge in [-0.15, -0.1) is 0 Å². The Morgan fingerprint density at radius 2 is 2.04 bits per heavy atom. The van der Waals surface area contributed by atoms with E-state index in [9.17, 15) is 23.3 Å². The summed E-state index contributed by atoms with van der Waals surface area (Å²) in [6.45, 7) is 1.69. The minimum absolute atomic E-state index is 0.111. The number of benzene rings is 1. The lowest BCUT2D eigenvalue weighted by Crippen LogP contribution is -2.37. The number of amides is 1. The average Bonchev–Trinajstić information content (AvgIpc) is 3.34. The number of carbonyl (C=O) groups excluding carboxylic acids is 1. The molecule has 3 N–H and O–H groups in total. The summed E-state index contributed by atoms with van der Waals surface area (Å²) in [6, 6.07) is 3.69. The van der Waals surface area contributed by atoms with E-state index in [2.05, 4.69) is 16.0 Å². The summed E-state index contributed by atoms with van der Waals surface area (Å²) in [5.41, 5.74) is -0.112. The first kappa shape index (κ1) is 19.1. The van der Waals surface area contributed by atoms with Crippen LogP contribution in [0.25, 0.3) is 0 Å². The lowest BCUT2D eigenvalue weighted by molar-refractivity contribution is -0.384. The third kappa shape index (κ3) is 6.31. The third-order valence-corrected chi connectivity index (χ3v) is 4.88. The highest BCUT2D eigenvalue weighted by atomic mass is 32.2. The van der Waals surface area contributed by atoms with Crippen LogP contribution in [0.2, 0.25) is 0 Å². The summed E-state index contributed by atoms with van der Waals surface area (Å²) in [6.07, 6.45) is 3.43. The maximum Gasteiger partial charge on any atom is 0.293 e.